The first-order valence-corrected chi connectivity index (χ1v) is 7.86. The third kappa shape index (κ3) is 3.20. The maximum atomic E-state index is 14.5. The van der Waals surface area contributed by atoms with Crippen LogP contribution in [0.2, 0.25) is 0 Å². The second-order valence-corrected chi connectivity index (χ2v) is 6.47. The van der Waals surface area contributed by atoms with Crippen LogP contribution < -0.4 is 15.5 Å². The van der Waals surface area contributed by atoms with Gasteiger partial charge in [-0.3, -0.25) is 4.79 Å². The second kappa shape index (κ2) is 7.21. The topological polar surface area (TPSA) is 52.8 Å². The van der Waals surface area contributed by atoms with Gasteiger partial charge in [-0.25, -0.2) is 8.78 Å². The van der Waals surface area contributed by atoms with E-state index in [4.69, 9.17) is 5.73 Å². The van der Waals surface area contributed by atoms with Gasteiger partial charge in [-0.05, 0) is 39.1 Å². The molecule has 2 N–H and O–H groups in total. The Hall–Kier alpha value is -1.44. The van der Waals surface area contributed by atoms with Crippen LogP contribution in [-0.2, 0) is 4.79 Å². The summed E-state index contributed by atoms with van der Waals surface area (Å²) in [5, 5.41) is 0. The largest absolute Gasteiger partial charge is 0.367 e. The number of amides is 1. The smallest absolute Gasteiger partial charge is 0.244 e. The van der Waals surface area contributed by atoms with E-state index in [0.29, 0.717) is 32.1 Å². The highest BCUT2D eigenvalue weighted by Gasteiger charge is 2.33. The third-order valence-electron chi connectivity index (χ3n) is 4.81. The normalized spacial score (nSPS) is 24.0. The molecule has 134 valence electrons. The van der Waals surface area contributed by atoms with Crippen LogP contribution in [0.4, 0.5) is 20.2 Å². The van der Waals surface area contributed by atoms with E-state index in [2.05, 4.69) is 4.90 Å². The lowest BCUT2D eigenvalue weighted by atomic mass is 10.2. The molecule has 2 aliphatic rings. The zero-order valence-electron chi connectivity index (χ0n) is 13.8. The van der Waals surface area contributed by atoms with Gasteiger partial charge >= 0.3 is 0 Å². The quantitative estimate of drug-likeness (QED) is 0.889. The monoisotopic (exact) mass is 360 g/mol. The van der Waals surface area contributed by atoms with E-state index < -0.39 is 17.7 Å². The first-order valence-electron chi connectivity index (χ1n) is 7.86. The van der Waals surface area contributed by atoms with Crippen molar-refractivity contribution in [3.05, 3.63) is 23.8 Å². The van der Waals surface area contributed by atoms with Crippen molar-refractivity contribution in [1.82, 2.24) is 4.90 Å². The molecule has 2 saturated heterocycles. The third-order valence-corrected chi connectivity index (χ3v) is 4.81. The number of rotatable bonds is 3. The van der Waals surface area contributed by atoms with Crippen LogP contribution in [0.3, 0.4) is 0 Å². The van der Waals surface area contributed by atoms with Crippen LogP contribution in [0.5, 0.6) is 0 Å². The molecule has 0 radical (unpaired) electrons. The van der Waals surface area contributed by atoms with Crippen LogP contribution >= 0.6 is 12.4 Å². The molecule has 1 amide bonds. The van der Waals surface area contributed by atoms with Crippen LogP contribution in [-0.4, -0.2) is 56.6 Å². The van der Waals surface area contributed by atoms with Crippen molar-refractivity contribution in [2.75, 3.05) is 43.5 Å². The second-order valence-electron chi connectivity index (χ2n) is 6.47. The van der Waals surface area contributed by atoms with Gasteiger partial charge in [0.2, 0.25) is 5.91 Å². The summed E-state index contributed by atoms with van der Waals surface area (Å²) in [6.07, 6.45) is 1.37. The van der Waals surface area contributed by atoms with Gasteiger partial charge in [-0.15, -0.1) is 12.4 Å². The highest BCUT2D eigenvalue weighted by Crippen LogP contribution is 2.33. The number of nitrogens with two attached hydrogens (primary N) is 1. The molecular formula is C16H23ClF2N4O. The number of nitrogens with zero attached hydrogens (tertiary/aromatic N) is 3. The van der Waals surface area contributed by atoms with Crippen LogP contribution in [0.25, 0.3) is 0 Å². The molecular weight excluding hydrogens is 338 g/mol. The molecule has 24 heavy (non-hydrogen) atoms. The molecule has 2 aliphatic heterocycles. The summed E-state index contributed by atoms with van der Waals surface area (Å²) >= 11 is 0. The molecule has 0 aromatic heterocycles. The molecule has 2 heterocycles. The minimum Gasteiger partial charge on any atom is -0.367 e. The minimum atomic E-state index is -0.974. The Bertz CT molecular complexity index is 628. The van der Waals surface area contributed by atoms with Crippen molar-refractivity contribution in [3.8, 4) is 0 Å². The highest BCUT2D eigenvalue weighted by atomic mass is 35.5. The van der Waals surface area contributed by atoms with E-state index in [1.54, 1.807) is 6.07 Å². The molecule has 2 fully saturated rings. The van der Waals surface area contributed by atoms with Gasteiger partial charge in [-0.2, -0.15) is 0 Å². The van der Waals surface area contributed by atoms with E-state index in [0.717, 1.165) is 6.42 Å². The molecule has 0 saturated carbocycles. The van der Waals surface area contributed by atoms with E-state index in [1.165, 1.54) is 11.0 Å². The molecule has 1 aromatic carbocycles. The van der Waals surface area contributed by atoms with Crippen molar-refractivity contribution in [1.29, 1.82) is 0 Å². The van der Waals surface area contributed by atoms with E-state index >= 15 is 0 Å². The first kappa shape index (κ1) is 18.9. The lowest BCUT2D eigenvalue weighted by Crippen LogP contribution is -2.35. The molecule has 0 spiro atoms. The molecule has 1 aromatic rings. The molecule has 0 unspecified atom stereocenters. The maximum Gasteiger partial charge on any atom is 0.244 e. The summed E-state index contributed by atoms with van der Waals surface area (Å²) in [4.78, 5) is 17.1. The van der Waals surface area contributed by atoms with Gasteiger partial charge in [0.05, 0.1) is 17.4 Å². The number of carbonyl (C=O) groups is 1. The Morgan fingerprint density at radius 2 is 1.75 bits per heavy atom. The predicted molar refractivity (Wildman–Crippen MR) is 92.9 cm³/mol. The van der Waals surface area contributed by atoms with Crippen molar-refractivity contribution in [2.45, 2.75) is 24.9 Å². The maximum absolute atomic E-state index is 14.5. The molecule has 3 rings (SSSR count). The molecule has 0 aliphatic carbocycles. The Morgan fingerprint density at radius 1 is 1.12 bits per heavy atom. The van der Waals surface area contributed by atoms with Crippen molar-refractivity contribution in [3.63, 3.8) is 0 Å². The van der Waals surface area contributed by atoms with Crippen LogP contribution in [0, 0.1) is 11.6 Å². The number of likely N-dealkylation sites (N-methyl/N-ethyl adjacent to an activating group) is 1. The summed E-state index contributed by atoms with van der Waals surface area (Å²) in [6, 6.07) is 2.74. The van der Waals surface area contributed by atoms with Crippen molar-refractivity contribution in [2.24, 2.45) is 5.73 Å². The summed E-state index contributed by atoms with van der Waals surface area (Å²) in [5.74, 6) is -2.22. The lowest BCUT2D eigenvalue weighted by Gasteiger charge is -2.24. The standard InChI is InChI=1S/C16H22F2N4O.ClH/c1-20(2)10-5-7-21(9-10)12-3-4-13(15(18)14(12)17)22-8-6-11(19)16(22)23;/h3-4,10-11H,5-9,19H2,1-2H3;1H/t10-,11-;/m1./s1. The molecule has 0 bridgehead atoms. The van der Waals surface area contributed by atoms with E-state index in [9.17, 15) is 13.6 Å². The summed E-state index contributed by atoms with van der Waals surface area (Å²) in [7, 11) is 3.97. The number of hydrogen-bond donors (Lipinski definition) is 1. The Morgan fingerprint density at radius 3 is 2.29 bits per heavy atom. The highest BCUT2D eigenvalue weighted by molar-refractivity contribution is 5.99. The minimum absolute atomic E-state index is 0. The number of carbonyl (C=O) groups excluding carboxylic acids is 1. The SMILES string of the molecule is CN(C)[C@@H]1CCN(c2ccc(N3CC[C@@H](N)C3=O)c(F)c2F)C1.Cl. The van der Waals surface area contributed by atoms with Gasteiger partial charge in [0, 0.05) is 25.7 Å². The van der Waals surface area contributed by atoms with Gasteiger partial charge in [0.15, 0.2) is 11.6 Å². The van der Waals surface area contributed by atoms with Gasteiger partial charge < -0.3 is 20.4 Å². The molecule has 2 atom stereocenters. The molecule has 5 nitrogen and oxygen atoms in total. The van der Waals surface area contributed by atoms with E-state index in [1.807, 2.05) is 19.0 Å². The number of hydrogen-bond acceptors (Lipinski definition) is 4. The Labute approximate surface area is 146 Å². The first-order chi connectivity index (χ1) is 10.9. The lowest BCUT2D eigenvalue weighted by molar-refractivity contribution is -0.118. The zero-order chi connectivity index (χ0) is 16.7. The fourth-order valence-electron chi connectivity index (χ4n) is 3.31. The summed E-state index contributed by atoms with van der Waals surface area (Å²) in [6.45, 7) is 1.67. The zero-order valence-corrected chi connectivity index (χ0v) is 14.7. The van der Waals surface area contributed by atoms with Crippen LogP contribution in [0.15, 0.2) is 12.1 Å². The van der Waals surface area contributed by atoms with Crippen molar-refractivity contribution < 1.29 is 13.6 Å². The molecule has 8 heteroatoms. The average molecular weight is 361 g/mol. The number of halogens is 3. The number of anilines is 2. The van der Waals surface area contributed by atoms with Gasteiger partial charge in [-0.1, -0.05) is 0 Å². The predicted octanol–water partition coefficient (Wildman–Crippen LogP) is 1.59. The Kier molecular flexibility index (Phi) is 5.67. The van der Waals surface area contributed by atoms with Crippen molar-refractivity contribution >= 4 is 29.7 Å². The fourth-order valence-corrected chi connectivity index (χ4v) is 3.31. The number of benzene rings is 1. The Balaban J connectivity index is 0.00000208. The average Bonchev–Trinajstić information content (AvgIpc) is 3.11. The van der Waals surface area contributed by atoms with Gasteiger partial charge in [0.25, 0.3) is 0 Å². The fraction of sp³-hybridized carbons (Fsp3) is 0.562. The van der Waals surface area contributed by atoms with Crippen LogP contribution in [0.1, 0.15) is 12.8 Å². The summed E-state index contributed by atoms with van der Waals surface area (Å²) in [5.41, 5.74) is 5.88. The summed E-state index contributed by atoms with van der Waals surface area (Å²) < 4.78 is 29.0. The van der Waals surface area contributed by atoms with Gasteiger partial charge in [0.1, 0.15) is 0 Å². The van der Waals surface area contributed by atoms with E-state index in [-0.39, 0.29) is 29.7 Å².